The van der Waals surface area contributed by atoms with Crippen molar-refractivity contribution in [3.05, 3.63) is 11.7 Å². The monoisotopic (exact) mass is 292 g/mol. The molecule has 0 radical (unpaired) electrons. The van der Waals surface area contributed by atoms with Gasteiger partial charge >= 0.3 is 0 Å². The Labute approximate surface area is 127 Å². The zero-order chi connectivity index (χ0) is 14.9. The third-order valence-electron chi connectivity index (χ3n) is 4.68. The number of rotatable bonds is 3. The average Bonchev–Trinajstić information content (AvgIpc) is 3.09. The van der Waals surface area contributed by atoms with Crippen LogP contribution in [-0.4, -0.2) is 40.2 Å². The molecular weight excluding hydrogens is 264 g/mol. The highest BCUT2D eigenvalue weighted by Gasteiger charge is 2.32. The molecule has 2 saturated heterocycles. The van der Waals surface area contributed by atoms with Crippen LogP contribution in [0.4, 0.5) is 0 Å². The fourth-order valence-corrected chi connectivity index (χ4v) is 3.51. The summed E-state index contributed by atoms with van der Waals surface area (Å²) >= 11 is 0. The van der Waals surface area contributed by atoms with Crippen molar-refractivity contribution in [2.45, 2.75) is 76.9 Å². The van der Waals surface area contributed by atoms with Gasteiger partial charge in [-0.3, -0.25) is 4.90 Å². The Morgan fingerprint density at radius 2 is 2.10 bits per heavy atom. The summed E-state index contributed by atoms with van der Waals surface area (Å²) in [7, 11) is 0. The highest BCUT2D eigenvalue weighted by atomic mass is 16.5. The summed E-state index contributed by atoms with van der Waals surface area (Å²) in [6.45, 7) is 9.47. The molecule has 2 aliphatic rings. The van der Waals surface area contributed by atoms with Crippen molar-refractivity contribution < 1.29 is 4.52 Å². The van der Waals surface area contributed by atoms with E-state index >= 15 is 0 Å². The van der Waals surface area contributed by atoms with Gasteiger partial charge in [-0.15, -0.1) is 0 Å². The van der Waals surface area contributed by atoms with Gasteiger partial charge in [0.1, 0.15) is 0 Å². The Morgan fingerprint density at radius 3 is 2.76 bits per heavy atom. The van der Waals surface area contributed by atoms with Crippen LogP contribution in [0.25, 0.3) is 0 Å². The molecule has 1 N–H and O–H groups in total. The smallest absolute Gasteiger partial charge is 0.232 e. The largest absolute Gasteiger partial charge is 0.339 e. The molecule has 0 spiro atoms. The molecule has 2 fully saturated rings. The zero-order valence-electron chi connectivity index (χ0n) is 13.6. The number of hydrogen-bond acceptors (Lipinski definition) is 5. The van der Waals surface area contributed by atoms with Crippen molar-refractivity contribution in [3.63, 3.8) is 0 Å². The van der Waals surface area contributed by atoms with Crippen LogP contribution < -0.4 is 5.32 Å². The second kappa shape index (κ2) is 6.05. The fourth-order valence-electron chi connectivity index (χ4n) is 3.51. The Kier molecular flexibility index (Phi) is 4.31. The molecule has 21 heavy (non-hydrogen) atoms. The van der Waals surface area contributed by atoms with Crippen LogP contribution in [0.3, 0.4) is 0 Å². The number of piperidine rings is 1. The van der Waals surface area contributed by atoms with Gasteiger partial charge in [0.15, 0.2) is 5.82 Å². The number of aromatic nitrogens is 2. The Balaban J connectivity index is 1.68. The highest BCUT2D eigenvalue weighted by Crippen LogP contribution is 2.26. The van der Waals surface area contributed by atoms with Crippen LogP contribution >= 0.6 is 0 Å². The van der Waals surface area contributed by atoms with Crippen molar-refractivity contribution in [3.8, 4) is 0 Å². The maximum atomic E-state index is 5.43. The first-order valence-electron chi connectivity index (χ1n) is 8.34. The van der Waals surface area contributed by atoms with Crippen LogP contribution in [0.5, 0.6) is 0 Å². The first-order chi connectivity index (χ1) is 10.0. The Bertz CT molecular complexity index is 459. The van der Waals surface area contributed by atoms with Crippen LogP contribution in [0.1, 0.15) is 64.6 Å². The number of nitrogens with zero attached hydrogens (tertiary/aromatic N) is 3. The first-order valence-corrected chi connectivity index (χ1v) is 8.34. The predicted molar refractivity (Wildman–Crippen MR) is 82.1 cm³/mol. The quantitative estimate of drug-likeness (QED) is 0.927. The second-order valence-corrected chi connectivity index (χ2v) is 7.50. The molecule has 2 atom stereocenters. The van der Waals surface area contributed by atoms with E-state index in [4.69, 9.17) is 4.52 Å². The van der Waals surface area contributed by atoms with Crippen molar-refractivity contribution in [1.29, 1.82) is 0 Å². The van der Waals surface area contributed by atoms with E-state index in [1.54, 1.807) is 0 Å². The molecule has 0 saturated carbocycles. The third-order valence-corrected chi connectivity index (χ3v) is 4.68. The second-order valence-electron chi connectivity index (χ2n) is 7.50. The summed E-state index contributed by atoms with van der Waals surface area (Å²) in [6.07, 6.45) is 6.54. The van der Waals surface area contributed by atoms with E-state index in [9.17, 15) is 0 Å². The van der Waals surface area contributed by atoms with E-state index in [-0.39, 0.29) is 5.41 Å². The SMILES string of the molecule is CC(C)(C)c1nc(CN2CCCCC2C2CCCN2)no1. The molecule has 118 valence electrons. The normalized spacial score (nSPS) is 28.1. The lowest BCUT2D eigenvalue weighted by molar-refractivity contribution is 0.108. The van der Waals surface area contributed by atoms with E-state index in [2.05, 4.69) is 41.1 Å². The predicted octanol–water partition coefficient (Wildman–Crippen LogP) is 2.47. The third kappa shape index (κ3) is 3.46. The molecular formula is C16H28N4O. The number of nitrogens with one attached hydrogen (secondary N) is 1. The lowest BCUT2D eigenvalue weighted by Gasteiger charge is -2.38. The molecule has 2 aliphatic heterocycles. The van der Waals surface area contributed by atoms with Gasteiger partial charge in [-0.05, 0) is 38.8 Å². The van der Waals surface area contributed by atoms with Crippen molar-refractivity contribution in [2.75, 3.05) is 13.1 Å². The van der Waals surface area contributed by atoms with Gasteiger partial charge in [0.2, 0.25) is 5.89 Å². The van der Waals surface area contributed by atoms with E-state index in [1.165, 1.54) is 38.6 Å². The maximum absolute atomic E-state index is 5.43. The molecule has 0 amide bonds. The number of hydrogen-bond donors (Lipinski definition) is 1. The lowest BCUT2D eigenvalue weighted by Crippen LogP contribution is -2.49. The van der Waals surface area contributed by atoms with Gasteiger partial charge in [-0.1, -0.05) is 32.3 Å². The van der Waals surface area contributed by atoms with Gasteiger partial charge in [0, 0.05) is 17.5 Å². The van der Waals surface area contributed by atoms with E-state index in [0.717, 1.165) is 24.8 Å². The van der Waals surface area contributed by atoms with E-state index in [1.807, 2.05) is 0 Å². The lowest BCUT2D eigenvalue weighted by atomic mass is 9.94. The molecule has 2 unspecified atom stereocenters. The summed E-state index contributed by atoms with van der Waals surface area (Å²) < 4.78 is 5.43. The van der Waals surface area contributed by atoms with Crippen molar-refractivity contribution in [2.24, 2.45) is 0 Å². The summed E-state index contributed by atoms with van der Waals surface area (Å²) in [5.74, 6) is 1.58. The van der Waals surface area contributed by atoms with Gasteiger partial charge in [-0.25, -0.2) is 0 Å². The van der Waals surface area contributed by atoms with E-state index < -0.39 is 0 Å². The highest BCUT2D eigenvalue weighted by molar-refractivity contribution is 4.99. The minimum Gasteiger partial charge on any atom is -0.339 e. The fraction of sp³-hybridized carbons (Fsp3) is 0.875. The molecule has 3 heterocycles. The molecule has 1 aromatic heterocycles. The topological polar surface area (TPSA) is 54.2 Å². The standard InChI is InChI=1S/C16H28N4O/c1-16(2,3)15-18-14(19-21-15)11-20-10-5-4-8-13(20)12-7-6-9-17-12/h12-13,17H,4-11H2,1-3H3. The molecule has 0 aliphatic carbocycles. The van der Waals surface area contributed by atoms with Crippen LogP contribution in [0.2, 0.25) is 0 Å². The van der Waals surface area contributed by atoms with E-state index in [0.29, 0.717) is 12.1 Å². The van der Waals surface area contributed by atoms with Crippen molar-refractivity contribution in [1.82, 2.24) is 20.4 Å². The minimum absolute atomic E-state index is 0.0699. The van der Waals surface area contributed by atoms with Crippen LogP contribution in [-0.2, 0) is 12.0 Å². The molecule has 1 aromatic rings. The molecule has 3 rings (SSSR count). The van der Waals surface area contributed by atoms with Gasteiger partial charge in [0.25, 0.3) is 0 Å². The summed E-state index contributed by atoms with van der Waals surface area (Å²) in [6, 6.07) is 1.29. The van der Waals surface area contributed by atoms with Crippen LogP contribution in [0, 0.1) is 0 Å². The summed E-state index contributed by atoms with van der Waals surface area (Å²) in [5, 5.41) is 7.86. The number of likely N-dealkylation sites (tertiary alicyclic amines) is 1. The molecule has 0 bridgehead atoms. The van der Waals surface area contributed by atoms with Gasteiger partial charge < -0.3 is 9.84 Å². The van der Waals surface area contributed by atoms with Crippen molar-refractivity contribution >= 4 is 0 Å². The van der Waals surface area contributed by atoms with Gasteiger partial charge in [-0.2, -0.15) is 4.98 Å². The van der Waals surface area contributed by atoms with Crippen LogP contribution in [0.15, 0.2) is 4.52 Å². The summed E-state index contributed by atoms with van der Waals surface area (Å²) in [5.41, 5.74) is -0.0699. The summed E-state index contributed by atoms with van der Waals surface area (Å²) in [4.78, 5) is 7.16. The maximum Gasteiger partial charge on any atom is 0.232 e. The van der Waals surface area contributed by atoms with Gasteiger partial charge in [0.05, 0.1) is 6.54 Å². The Morgan fingerprint density at radius 1 is 1.24 bits per heavy atom. The molecule has 5 nitrogen and oxygen atoms in total. The zero-order valence-corrected chi connectivity index (χ0v) is 13.6. The minimum atomic E-state index is -0.0699. The molecule has 0 aromatic carbocycles. The average molecular weight is 292 g/mol. The Hall–Kier alpha value is -0.940. The molecule has 5 heteroatoms. The first kappa shape index (κ1) is 15.0.